The molecule has 0 aliphatic carbocycles. The van der Waals surface area contributed by atoms with Crippen LogP contribution in [0, 0.1) is 0 Å². The van der Waals surface area contributed by atoms with Gasteiger partial charge in [0, 0.05) is 26.7 Å². The van der Waals surface area contributed by atoms with Crippen molar-refractivity contribution in [2.45, 2.75) is 4.90 Å². The Kier molecular flexibility index (Phi) is 10.3. The third-order valence-corrected chi connectivity index (χ3v) is 7.92. The Morgan fingerprint density at radius 3 is 2.20 bits per heavy atom. The molecule has 0 heterocycles. The minimum Gasteiger partial charge on any atom is -0.321 e. The van der Waals surface area contributed by atoms with Gasteiger partial charge in [-0.15, -0.1) is 11.8 Å². The van der Waals surface area contributed by atoms with Crippen molar-refractivity contribution in [1.82, 2.24) is 5.32 Å². The number of halogens is 4. The highest BCUT2D eigenvalue weighted by Crippen LogP contribution is 2.28. The Morgan fingerprint density at radius 2 is 1.50 bits per heavy atom. The van der Waals surface area contributed by atoms with Gasteiger partial charge >= 0.3 is 0 Å². The van der Waals surface area contributed by atoms with Gasteiger partial charge in [0.1, 0.15) is 5.70 Å². The van der Waals surface area contributed by atoms with Crippen molar-refractivity contribution < 1.29 is 14.4 Å². The van der Waals surface area contributed by atoms with Crippen molar-refractivity contribution in [2.75, 3.05) is 11.1 Å². The molecule has 202 valence electrons. The van der Waals surface area contributed by atoms with E-state index in [0.717, 1.165) is 4.90 Å². The zero-order valence-electron chi connectivity index (χ0n) is 20.6. The van der Waals surface area contributed by atoms with Crippen molar-refractivity contribution in [1.29, 1.82) is 0 Å². The number of benzene rings is 4. The SMILES string of the molecule is O=C(Nc1ccc(SCC(=O)c2ccc(Cl)cc2Cl)cc1)/C(=C/c1cccc(Cl)c1Cl)NC(=O)c1ccccc1. The highest BCUT2D eigenvalue weighted by molar-refractivity contribution is 8.00. The summed E-state index contributed by atoms with van der Waals surface area (Å²) in [6, 6.07) is 25.2. The van der Waals surface area contributed by atoms with Gasteiger partial charge in [0.05, 0.1) is 20.8 Å². The maximum absolute atomic E-state index is 13.3. The molecular formula is C30H20Cl4N2O3S. The van der Waals surface area contributed by atoms with Crippen LogP contribution in [0.15, 0.2) is 102 Å². The molecule has 40 heavy (non-hydrogen) atoms. The maximum Gasteiger partial charge on any atom is 0.272 e. The van der Waals surface area contributed by atoms with Crippen molar-refractivity contribution in [3.05, 3.63) is 133 Å². The summed E-state index contributed by atoms with van der Waals surface area (Å²) in [5.41, 5.74) is 1.71. The van der Waals surface area contributed by atoms with Gasteiger partial charge in [-0.1, -0.05) is 76.7 Å². The summed E-state index contributed by atoms with van der Waals surface area (Å²) in [5.74, 6) is -0.982. The standard InChI is InChI=1S/C30H20Cl4N2O3S/c31-20-9-14-23(25(33)16-20)27(37)17-40-22-12-10-21(11-13-22)35-30(39)26(15-19-7-4-8-24(32)28(19)34)36-29(38)18-5-2-1-3-6-18/h1-16H,17H2,(H,35,39)(H,36,38)/b26-15-. The van der Waals surface area contributed by atoms with E-state index < -0.39 is 11.8 Å². The molecule has 0 saturated carbocycles. The van der Waals surface area contributed by atoms with E-state index >= 15 is 0 Å². The van der Waals surface area contributed by atoms with E-state index in [1.807, 2.05) is 0 Å². The molecule has 4 rings (SSSR count). The van der Waals surface area contributed by atoms with E-state index in [0.29, 0.717) is 37.4 Å². The number of nitrogens with one attached hydrogen (secondary N) is 2. The van der Waals surface area contributed by atoms with Crippen LogP contribution >= 0.6 is 58.2 Å². The number of ketones is 1. The lowest BCUT2D eigenvalue weighted by Crippen LogP contribution is -2.30. The molecule has 4 aromatic rings. The molecule has 0 aromatic heterocycles. The number of carbonyl (C=O) groups excluding carboxylic acids is 3. The Bertz CT molecular complexity index is 1590. The molecule has 0 atom stereocenters. The van der Waals surface area contributed by atoms with Gasteiger partial charge < -0.3 is 10.6 Å². The topological polar surface area (TPSA) is 75.3 Å². The van der Waals surface area contributed by atoms with Gasteiger partial charge in [-0.2, -0.15) is 0 Å². The quantitative estimate of drug-likeness (QED) is 0.110. The smallest absolute Gasteiger partial charge is 0.272 e. The first kappa shape index (κ1) is 29.7. The fourth-order valence-electron chi connectivity index (χ4n) is 3.51. The lowest BCUT2D eigenvalue weighted by atomic mass is 10.1. The van der Waals surface area contributed by atoms with Crippen LogP contribution in [-0.2, 0) is 4.79 Å². The molecule has 5 nitrogen and oxygen atoms in total. The minimum atomic E-state index is -0.562. The average Bonchev–Trinajstić information content (AvgIpc) is 2.95. The lowest BCUT2D eigenvalue weighted by molar-refractivity contribution is -0.113. The molecule has 2 N–H and O–H groups in total. The molecule has 0 aliphatic heterocycles. The lowest BCUT2D eigenvalue weighted by Gasteiger charge is -2.12. The second kappa shape index (κ2) is 13.9. The number of anilines is 1. The van der Waals surface area contributed by atoms with Crippen molar-refractivity contribution in [3.63, 3.8) is 0 Å². The second-order valence-corrected chi connectivity index (χ2v) is 11.0. The van der Waals surface area contributed by atoms with Crippen LogP contribution < -0.4 is 10.6 Å². The molecule has 0 aliphatic rings. The van der Waals surface area contributed by atoms with Gasteiger partial charge in [-0.05, 0) is 72.3 Å². The molecule has 0 unspecified atom stereocenters. The summed E-state index contributed by atoms with van der Waals surface area (Å²) in [5, 5.41) is 6.77. The number of hydrogen-bond acceptors (Lipinski definition) is 4. The Hall–Kier alpha value is -3.26. The summed E-state index contributed by atoms with van der Waals surface area (Å²) in [6.45, 7) is 0. The first-order valence-electron chi connectivity index (χ1n) is 11.8. The summed E-state index contributed by atoms with van der Waals surface area (Å²) < 4.78 is 0. The molecular weight excluding hydrogens is 610 g/mol. The highest BCUT2D eigenvalue weighted by Gasteiger charge is 2.17. The van der Waals surface area contributed by atoms with Crippen molar-refractivity contribution >= 4 is 87.5 Å². The number of rotatable bonds is 9. The van der Waals surface area contributed by atoms with E-state index in [1.165, 1.54) is 23.9 Å². The summed E-state index contributed by atoms with van der Waals surface area (Å²) in [6.07, 6.45) is 1.46. The maximum atomic E-state index is 13.3. The Labute approximate surface area is 255 Å². The average molecular weight is 630 g/mol. The normalized spacial score (nSPS) is 11.2. The van der Waals surface area contributed by atoms with Crippen LogP contribution in [0.25, 0.3) is 6.08 Å². The van der Waals surface area contributed by atoms with Crippen molar-refractivity contribution in [2.24, 2.45) is 0 Å². The first-order chi connectivity index (χ1) is 19.2. The zero-order chi connectivity index (χ0) is 28.6. The van der Waals surface area contributed by atoms with E-state index in [2.05, 4.69) is 10.6 Å². The van der Waals surface area contributed by atoms with Crippen LogP contribution in [0.4, 0.5) is 5.69 Å². The van der Waals surface area contributed by atoms with Gasteiger partial charge in [-0.3, -0.25) is 14.4 Å². The molecule has 0 saturated heterocycles. The fraction of sp³-hybridized carbons (Fsp3) is 0.0333. The number of carbonyl (C=O) groups is 3. The van der Waals surface area contributed by atoms with Crippen LogP contribution in [0.1, 0.15) is 26.3 Å². The Balaban J connectivity index is 1.47. The molecule has 0 bridgehead atoms. The zero-order valence-corrected chi connectivity index (χ0v) is 24.4. The van der Waals surface area contributed by atoms with Gasteiger partial charge in [0.15, 0.2) is 5.78 Å². The molecule has 0 radical (unpaired) electrons. The molecule has 2 amide bonds. The van der Waals surface area contributed by atoms with Gasteiger partial charge in [0.2, 0.25) is 0 Å². The van der Waals surface area contributed by atoms with E-state index in [4.69, 9.17) is 46.4 Å². The first-order valence-corrected chi connectivity index (χ1v) is 14.3. The van der Waals surface area contributed by atoms with Crippen LogP contribution in [0.5, 0.6) is 0 Å². The van der Waals surface area contributed by atoms with Gasteiger partial charge in [0.25, 0.3) is 11.8 Å². The number of thioether (sulfide) groups is 1. The van der Waals surface area contributed by atoms with E-state index in [-0.39, 0.29) is 22.3 Å². The summed E-state index contributed by atoms with van der Waals surface area (Å²) in [7, 11) is 0. The molecule has 0 spiro atoms. The molecule has 0 fully saturated rings. The monoisotopic (exact) mass is 628 g/mol. The van der Waals surface area contributed by atoms with Crippen LogP contribution in [0.2, 0.25) is 20.1 Å². The molecule has 10 heteroatoms. The molecule has 4 aromatic carbocycles. The largest absolute Gasteiger partial charge is 0.321 e. The third kappa shape index (κ3) is 7.90. The van der Waals surface area contributed by atoms with E-state index in [1.54, 1.807) is 84.9 Å². The predicted molar refractivity (Wildman–Crippen MR) is 165 cm³/mol. The number of Topliss-reactive ketones (excluding diaryl/α,β-unsaturated/α-hetero) is 1. The van der Waals surface area contributed by atoms with Crippen molar-refractivity contribution in [3.8, 4) is 0 Å². The minimum absolute atomic E-state index is 0.0260. The summed E-state index contributed by atoms with van der Waals surface area (Å²) >= 11 is 25.8. The summed E-state index contributed by atoms with van der Waals surface area (Å²) in [4.78, 5) is 39.5. The van der Waals surface area contributed by atoms with Crippen LogP contribution in [0.3, 0.4) is 0 Å². The third-order valence-electron chi connectivity index (χ3n) is 5.52. The van der Waals surface area contributed by atoms with E-state index in [9.17, 15) is 14.4 Å². The van der Waals surface area contributed by atoms with Gasteiger partial charge in [-0.25, -0.2) is 0 Å². The number of hydrogen-bond donors (Lipinski definition) is 2. The second-order valence-electron chi connectivity index (χ2n) is 8.34. The Morgan fingerprint density at radius 1 is 0.775 bits per heavy atom. The predicted octanol–water partition coefficient (Wildman–Crippen LogP) is 8.68. The highest BCUT2D eigenvalue weighted by atomic mass is 35.5. The van der Waals surface area contributed by atoms with Crippen LogP contribution in [-0.4, -0.2) is 23.4 Å². The number of amides is 2. The fourth-order valence-corrected chi connectivity index (χ4v) is 5.16.